The first-order chi connectivity index (χ1) is 6.79. The lowest BCUT2D eigenvalue weighted by molar-refractivity contribution is 0.269. The fourth-order valence-corrected chi connectivity index (χ4v) is 2.01. The molecule has 0 aliphatic heterocycles. The van der Waals surface area contributed by atoms with Crippen molar-refractivity contribution in [2.24, 2.45) is 0 Å². The van der Waals surface area contributed by atoms with Crippen LogP contribution in [-0.4, -0.2) is 11.1 Å². The molecule has 1 heterocycles. The lowest BCUT2D eigenvalue weighted by atomic mass is 10.3. The van der Waals surface area contributed by atoms with Gasteiger partial charge in [-0.2, -0.15) is 0 Å². The van der Waals surface area contributed by atoms with Crippen LogP contribution in [0.5, 0.6) is 5.19 Å². The van der Waals surface area contributed by atoms with Gasteiger partial charge in [0.05, 0.1) is 10.2 Å². The molecule has 1 aromatic heterocycles. The molecule has 0 radical (unpaired) electrons. The van der Waals surface area contributed by atoms with Gasteiger partial charge in [0.15, 0.2) is 0 Å². The third-order valence-electron chi connectivity index (χ3n) is 1.89. The van der Waals surface area contributed by atoms with Crippen LogP contribution in [0.25, 0.3) is 10.2 Å². The van der Waals surface area contributed by atoms with E-state index in [9.17, 15) is 0 Å². The second-order valence-corrected chi connectivity index (χ2v) is 4.00. The highest BCUT2D eigenvalue weighted by Crippen LogP contribution is 2.27. The quantitative estimate of drug-likeness (QED) is 0.717. The lowest BCUT2D eigenvalue weighted by Crippen LogP contribution is -2.06. The van der Waals surface area contributed by atoms with E-state index in [-0.39, 0.29) is 6.10 Å². The largest absolute Gasteiger partial charge is 0.463 e. The van der Waals surface area contributed by atoms with E-state index in [1.807, 2.05) is 31.2 Å². The standard InChI is InChI=1S/C11H11NOS/c1-3-8(2)13-11-12-9-6-4-5-7-10(9)14-11/h3-8H,1H2,2H3. The van der Waals surface area contributed by atoms with Crippen LogP contribution in [-0.2, 0) is 0 Å². The molecular formula is C11H11NOS. The number of hydrogen-bond acceptors (Lipinski definition) is 3. The molecule has 3 heteroatoms. The van der Waals surface area contributed by atoms with E-state index in [1.165, 1.54) is 0 Å². The minimum Gasteiger partial charge on any atom is -0.463 e. The molecule has 0 spiro atoms. The van der Waals surface area contributed by atoms with Gasteiger partial charge in [-0.1, -0.05) is 36.1 Å². The molecule has 1 aromatic carbocycles. The molecule has 0 N–H and O–H groups in total. The summed E-state index contributed by atoms with van der Waals surface area (Å²) in [6, 6.07) is 8.00. The Bertz CT molecular complexity index is 416. The van der Waals surface area contributed by atoms with Gasteiger partial charge in [-0.3, -0.25) is 0 Å². The van der Waals surface area contributed by atoms with Crippen molar-refractivity contribution in [3.05, 3.63) is 36.9 Å². The van der Waals surface area contributed by atoms with E-state index < -0.39 is 0 Å². The number of ether oxygens (including phenoxy) is 1. The fourth-order valence-electron chi connectivity index (χ4n) is 1.11. The second-order valence-electron chi connectivity index (χ2n) is 3.01. The number of fused-ring (bicyclic) bond motifs is 1. The molecule has 2 aromatic rings. The van der Waals surface area contributed by atoms with E-state index in [2.05, 4.69) is 11.6 Å². The maximum atomic E-state index is 5.54. The van der Waals surface area contributed by atoms with E-state index in [1.54, 1.807) is 17.4 Å². The molecule has 1 unspecified atom stereocenters. The molecule has 0 aliphatic rings. The normalized spacial score (nSPS) is 12.6. The number of thiazole rings is 1. The van der Waals surface area contributed by atoms with Crippen molar-refractivity contribution in [3.63, 3.8) is 0 Å². The predicted octanol–water partition coefficient (Wildman–Crippen LogP) is 3.25. The topological polar surface area (TPSA) is 22.1 Å². The summed E-state index contributed by atoms with van der Waals surface area (Å²) in [6.45, 7) is 5.61. The van der Waals surface area contributed by atoms with Crippen LogP contribution in [0.2, 0.25) is 0 Å². The van der Waals surface area contributed by atoms with Crippen molar-refractivity contribution >= 4 is 21.6 Å². The van der Waals surface area contributed by atoms with Crippen LogP contribution in [0.4, 0.5) is 0 Å². The third kappa shape index (κ3) is 1.77. The Morgan fingerprint density at radius 1 is 1.50 bits per heavy atom. The summed E-state index contributed by atoms with van der Waals surface area (Å²) in [5, 5.41) is 0.707. The number of aromatic nitrogens is 1. The van der Waals surface area contributed by atoms with Crippen LogP contribution in [0.3, 0.4) is 0 Å². The predicted molar refractivity (Wildman–Crippen MR) is 59.9 cm³/mol. The third-order valence-corrected chi connectivity index (χ3v) is 2.82. The Morgan fingerprint density at radius 2 is 2.29 bits per heavy atom. The first-order valence-corrected chi connectivity index (χ1v) is 5.26. The molecule has 0 aliphatic carbocycles. The first kappa shape index (κ1) is 9.21. The number of nitrogens with zero attached hydrogens (tertiary/aromatic N) is 1. The second kappa shape index (κ2) is 3.80. The van der Waals surface area contributed by atoms with E-state index in [0.29, 0.717) is 5.19 Å². The minimum atomic E-state index is 0.00978. The number of rotatable bonds is 3. The molecule has 0 fully saturated rings. The van der Waals surface area contributed by atoms with Crippen molar-refractivity contribution in [1.82, 2.24) is 4.98 Å². The van der Waals surface area contributed by atoms with Crippen molar-refractivity contribution < 1.29 is 4.74 Å². The Labute approximate surface area is 86.9 Å². The summed E-state index contributed by atoms with van der Waals surface area (Å²) in [5.41, 5.74) is 0.990. The van der Waals surface area contributed by atoms with E-state index >= 15 is 0 Å². The zero-order chi connectivity index (χ0) is 9.97. The molecule has 0 saturated carbocycles. The molecule has 2 rings (SSSR count). The number of benzene rings is 1. The minimum absolute atomic E-state index is 0.00978. The summed E-state index contributed by atoms with van der Waals surface area (Å²) in [7, 11) is 0. The van der Waals surface area contributed by atoms with Crippen LogP contribution < -0.4 is 4.74 Å². The van der Waals surface area contributed by atoms with Gasteiger partial charge in [-0.25, -0.2) is 4.98 Å². The highest BCUT2D eigenvalue weighted by molar-refractivity contribution is 7.20. The van der Waals surface area contributed by atoms with Gasteiger partial charge in [0.2, 0.25) is 0 Å². The van der Waals surface area contributed by atoms with Crippen molar-refractivity contribution in [2.45, 2.75) is 13.0 Å². The first-order valence-electron chi connectivity index (χ1n) is 4.44. The van der Waals surface area contributed by atoms with Crippen molar-refractivity contribution in [1.29, 1.82) is 0 Å². The van der Waals surface area contributed by atoms with Gasteiger partial charge in [-0.15, -0.1) is 0 Å². The van der Waals surface area contributed by atoms with E-state index in [0.717, 1.165) is 10.2 Å². The van der Waals surface area contributed by atoms with Gasteiger partial charge in [0, 0.05) is 0 Å². The highest BCUT2D eigenvalue weighted by atomic mass is 32.1. The Balaban J connectivity index is 2.31. The zero-order valence-corrected chi connectivity index (χ0v) is 8.75. The van der Waals surface area contributed by atoms with Gasteiger partial charge in [-0.05, 0) is 19.1 Å². The molecule has 0 saturated heterocycles. The SMILES string of the molecule is C=CC(C)Oc1nc2ccccc2s1. The molecule has 14 heavy (non-hydrogen) atoms. The smallest absolute Gasteiger partial charge is 0.274 e. The monoisotopic (exact) mass is 205 g/mol. The van der Waals surface area contributed by atoms with Crippen LogP contribution >= 0.6 is 11.3 Å². The van der Waals surface area contributed by atoms with Gasteiger partial charge in [0.1, 0.15) is 6.10 Å². The number of para-hydroxylation sites is 1. The van der Waals surface area contributed by atoms with Gasteiger partial charge in [0.25, 0.3) is 5.19 Å². The van der Waals surface area contributed by atoms with E-state index in [4.69, 9.17) is 4.74 Å². The average Bonchev–Trinajstić information content (AvgIpc) is 2.59. The summed E-state index contributed by atoms with van der Waals surface area (Å²) in [6.07, 6.45) is 1.77. The van der Waals surface area contributed by atoms with Gasteiger partial charge >= 0.3 is 0 Å². The van der Waals surface area contributed by atoms with Gasteiger partial charge < -0.3 is 4.74 Å². The molecule has 0 bridgehead atoms. The van der Waals surface area contributed by atoms with Crippen LogP contribution in [0.1, 0.15) is 6.92 Å². The summed E-state index contributed by atoms with van der Waals surface area (Å²) < 4.78 is 6.69. The fraction of sp³-hybridized carbons (Fsp3) is 0.182. The Kier molecular flexibility index (Phi) is 2.50. The molecular weight excluding hydrogens is 194 g/mol. The van der Waals surface area contributed by atoms with Crippen LogP contribution in [0, 0.1) is 0 Å². The highest BCUT2D eigenvalue weighted by Gasteiger charge is 2.05. The van der Waals surface area contributed by atoms with Crippen LogP contribution in [0.15, 0.2) is 36.9 Å². The molecule has 72 valence electrons. The summed E-state index contributed by atoms with van der Waals surface area (Å²) in [5.74, 6) is 0. The summed E-state index contributed by atoms with van der Waals surface area (Å²) >= 11 is 1.56. The maximum Gasteiger partial charge on any atom is 0.274 e. The Morgan fingerprint density at radius 3 is 3.00 bits per heavy atom. The Hall–Kier alpha value is -1.35. The maximum absolute atomic E-state index is 5.54. The van der Waals surface area contributed by atoms with Crippen molar-refractivity contribution in [2.75, 3.05) is 0 Å². The average molecular weight is 205 g/mol. The van der Waals surface area contributed by atoms with Crippen molar-refractivity contribution in [3.8, 4) is 5.19 Å². The zero-order valence-electron chi connectivity index (χ0n) is 7.93. The number of hydrogen-bond donors (Lipinski definition) is 0. The lowest BCUT2D eigenvalue weighted by Gasteiger charge is -2.04. The molecule has 1 atom stereocenters. The summed E-state index contributed by atoms with van der Waals surface area (Å²) in [4.78, 5) is 4.35. The molecule has 0 amide bonds. The molecule has 2 nitrogen and oxygen atoms in total.